The minimum absolute atomic E-state index is 0.105. The minimum Gasteiger partial charge on any atom is -0.381 e. The van der Waals surface area contributed by atoms with E-state index >= 15 is 0 Å². The molecule has 1 N–H and O–H groups in total. The normalized spacial score (nSPS) is 15.2. The number of aliphatic hydroxyl groups is 1. The van der Waals surface area contributed by atoms with Crippen LogP contribution in [0, 0.1) is 17.0 Å². The van der Waals surface area contributed by atoms with Crippen LogP contribution >= 0.6 is 0 Å². The summed E-state index contributed by atoms with van der Waals surface area (Å²) >= 11 is 0. The highest BCUT2D eigenvalue weighted by atomic mass is 19.4. The second-order valence-electron chi connectivity index (χ2n) is 4.10. The Balaban J connectivity index is 3.18. The van der Waals surface area contributed by atoms with Gasteiger partial charge < -0.3 is 5.11 Å². The van der Waals surface area contributed by atoms with E-state index in [2.05, 4.69) is 0 Å². The van der Waals surface area contributed by atoms with Gasteiger partial charge in [0, 0.05) is 11.8 Å². The molecule has 7 heteroatoms. The van der Waals surface area contributed by atoms with Crippen LogP contribution in [0.1, 0.15) is 29.7 Å². The van der Waals surface area contributed by atoms with E-state index in [1.807, 2.05) is 0 Å². The van der Waals surface area contributed by atoms with Gasteiger partial charge in [-0.15, -0.1) is 0 Å². The van der Waals surface area contributed by atoms with Crippen LogP contribution in [-0.4, -0.2) is 16.1 Å². The second kappa shape index (κ2) is 4.93. The summed E-state index contributed by atoms with van der Waals surface area (Å²) in [5.74, 6) is 0. The van der Waals surface area contributed by atoms with Crippen LogP contribution in [0.5, 0.6) is 0 Å². The van der Waals surface area contributed by atoms with Crippen molar-refractivity contribution in [1.29, 1.82) is 0 Å². The number of rotatable bonds is 3. The van der Waals surface area contributed by atoms with Crippen molar-refractivity contribution in [2.75, 3.05) is 0 Å². The largest absolute Gasteiger partial charge is 0.416 e. The van der Waals surface area contributed by atoms with Crippen molar-refractivity contribution in [3.8, 4) is 0 Å². The Labute approximate surface area is 101 Å². The molecule has 18 heavy (non-hydrogen) atoms. The molecule has 0 aromatic heterocycles. The van der Waals surface area contributed by atoms with E-state index in [-0.39, 0.29) is 11.1 Å². The lowest BCUT2D eigenvalue weighted by Gasteiger charge is -2.16. The Hall–Kier alpha value is -1.63. The molecule has 0 aliphatic rings. The zero-order valence-electron chi connectivity index (χ0n) is 9.73. The van der Waals surface area contributed by atoms with Crippen molar-refractivity contribution in [3.63, 3.8) is 0 Å². The van der Waals surface area contributed by atoms with Gasteiger partial charge in [0.15, 0.2) is 0 Å². The number of aliphatic hydroxyl groups excluding tert-OH is 1. The van der Waals surface area contributed by atoms with Crippen molar-refractivity contribution in [3.05, 3.63) is 45.0 Å². The average Bonchev–Trinajstić information content (AvgIpc) is 2.24. The summed E-state index contributed by atoms with van der Waals surface area (Å²) in [5.41, 5.74) is -0.743. The van der Waals surface area contributed by atoms with Crippen LogP contribution in [0.4, 0.5) is 13.2 Å². The number of hydrogen-bond acceptors (Lipinski definition) is 3. The van der Waals surface area contributed by atoms with E-state index in [4.69, 9.17) is 0 Å². The number of hydrogen-bond donors (Lipinski definition) is 1. The molecule has 0 radical (unpaired) electrons. The molecule has 0 aliphatic carbocycles. The summed E-state index contributed by atoms with van der Waals surface area (Å²) in [6.45, 7) is 2.57. The third-order valence-electron chi connectivity index (χ3n) is 2.56. The van der Waals surface area contributed by atoms with Gasteiger partial charge in [0.25, 0.3) is 0 Å². The first-order chi connectivity index (χ1) is 8.12. The van der Waals surface area contributed by atoms with Gasteiger partial charge in [0.1, 0.15) is 6.10 Å². The maximum Gasteiger partial charge on any atom is 0.416 e. The standard InChI is InChI=1S/C11H12F3NO3/c1-6-3-8(10(16)7(2)15(17)18)5-9(4-6)11(12,13)14/h3-5,7,10,16H,1-2H3. The van der Waals surface area contributed by atoms with Crippen LogP contribution in [0.3, 0.4) is 0 Å². The van der Waals surface area contributed by atoms with Gasteiger partial charge in [-0.25, -0.2) is 0 Å². The highest BCUT2D eigenvalue weighted by molar-refractivity contribution is 5.32. The predicted molar refractivity (Wildman–Crippen MR) is 57.6 cm³/mol. The topological polar surface area (TPSA) is 63.4 Å². The molecule has 0 saturated carbocycles. The first-order valence-electron chi connectivity index (χ1n) is 5.13. The van der Waals surface area contributed by atoms with E-state index in [1.165, 1.54) is 13.0 Å². The Bertz CT molecular complexity index is 459. The zero-order chi connectivity index (χ0) is 14.1. The molecule has 2 unspecified atom stereocenters. The Morgan fingerprint density at radius 2 is 1.89 bits per heavy atom. The molecular weight excluding hydrogens is 251 g/mol. The minimum atomic E-state index is -4.54. The summed E-state index contributed by atoms with van der Waals surface area (Å²) in [6.07, 6.45) is -6.11. The van der Waals surface area contributed by atoms with Crippen LogP contribution < -0.4 is 0 Å². The zero-order valence-corrected chi connectivity index (χ0v) is 9.73. The predicted octanol–water partition coefficient (Wildman–Crippen LogP) is 2.71. The Kier molecular flexibility index (Phi) is 3.95. The Morgan fingerprint density at radius 1 is 1.33 bits per heavy atom. The van der Waals surface area contributed by atoms with Gasteiger partial charge in [0.05, 0.1) is 5.56 Å². The van der Waals surface area contributed by atoms with Gasteiger partial charge in [0.2, 0.25) is 6.04 Å². The lowest BCUT2D eigenvalue weighted by molar-refractivity contribution is -0.531. The maximum atomic E-state index is 12.6. The molecule has 0 heterocycles. The van der Waals surface area contributed by atoms with E-state index in [1.54, 1.807) is 0 Å². The molecule has 0 amide bonds. The summed E-state index contributed by atoms with van der Waals surface area (Å²) in [7, 11) is 0. The fraction of sp³-hybridized carbons (Fsp3) is 0.455. The van der Waals surface area contributed by atoms with Gasteiger partial charge in [-0.05, 0) is 24.6 Å². The molecule has 1 rings (SSSR count). The number of halogens is 3. The van der Waals surface area contributed by atoms with Gasteiger partial charge >= 0.3 is 6.18 Å². The second-order valence-corrected chi connectivity index (χ2v) is 4.10. The van der Waals surface area contributed by atoms with Crippen LogP contribution in [0.2, 0.25) is 0 Å². The molecule has 2 atom stereocenters. The van der Waals surface area contributed by atoms with Gasteiger partial charge in [-0.1, -0.05) is 11.6 Å². The lowest BCUT2D eigenvalue weighted by Crippen LogP contribution is -2.24. The lowest BCUT2D eigenvalue weighted by atomic mass is 9.99. The van der Waals surface area contributed by atoms with E-state index < -0.39 is 28.8 Å². The summed E-state index contributed by atoms with van der Waals surface area (Å²) < 4.78 is 37.7. The first kappa shape index (κ1) is 14.4. The third-order valence-corrected chi connectivity index (χ3v) is 2.56. The molecule has 0 spiro atoms. The highest BCUT2D eigenvalue weighted by Gasteiger charge is 2.33. The summed E-state index contributed by atoms with van der Waals surface area (Å²) in [4.78, 5) is 9.77. The average molecular weight is 263 g/mol. The van der Waals surface area contributed by atoms with Gasteiger partial charge in [-0.3, -0.25) is 10.1 Å². The van der Waals surface area contributed by atoms with E-state index in [0.29, 0.717) is 0 Å². The Morgan fingerprint density at radius 3 is 2.33 bits per heavy atom. The summed E-state index contributed by atoms with van der Waals surface area (Å²) in [5, 5.41) is 20.2. The highest BCUT2D eigenvalue weighted by Crippen LogP contribution is 2.32. The van der Waals surface area contributed by atoms with Crippen molar-refractivity contribution >= 4 is 0 Å². The molecule has 0 fully saturated rings. The number of nitrogens with zero attached hydrogens (tertiary/aromatic N) is 1. The molecule has 0 saturated heterocycles. The third kappa shape index (κ3) is 3.19. The van der Waals surface area contributed by atoms with E-state index in [9.17, 15) is 28.4 Å². The van der Waals surface area contributed by atoms with Crippen LogP contribution in [0.15, 0.2) is 18.2 Å². The molecule has 0 bridgehead atoms. The van der Waals surface area contributed by atoms with Crippen LogP contribution in [0.25, 0.3) is 0 Å². The molecule has 0 aliphatic heterocycles. The number of benzene rings is 1. The fourth-order valence-electron chi connectivity index (χ4n) is 1.54. The smallest absolute Gasteiger partial charge is 0.381 e. The van der Waals surface area contributed by atoms with Crippen LogP contribution in [-0.2, 0) is 6.18 Å². The van der Waals surface area contributed by atoms with E-state index in [0.717, 1.165) is 19.1 Å². The molecule has 4 nitrogen and oxygen atoms in total. The first-order valence-corrected chi connectivity index (χ1v) is 5.13. The molecular formula is C11H12F3NO3. The van der Waals surface area contributed by atoms with Crippen molar-refractivity contribution in [2.45, 2.75) is 32.2 Å². The SMILES string of the molecule is Cc1cc(C(O)C(C)[N+](=O)[O-])cc(C(F)(F)F)c1. The molecule has 1 aromatic rings. The molecule has 1 aromatic carbocycles. The van der Waals surface area contributed by atoms with Crippen molar-refractivity contribution in [1.82, 2.24) is 0 Å². The number of alkyl halides is 3. The van der Waals surface area contributed by atoms with Crippen molar-refractivity contribution < 1.29 is 23.2 Å². The van der Waals surface area contributed by atoms with Gasteiger partial charge in [-0.2, -0.15) is 13.2 Å². The number of nitro groups is 1. The van der Waals surface area contributed by atoms with Crippen molar-refractivity contribution in [2.24, 2.45) is 0 Å². The number of aryl methyl sites for hydroxylation is 1. The summed E-state index contributed by atoms with van der Waals surface area (Å²) in [6, 6.07) is 1.60. The monoisotopic (exact) mass is 263 g/mol. The molecule has 100 valence electrons. The maximum absolute atomic E-state index is 12.6. The quantitative estimate of drug-likeness (QED) is 0.673. The fourth-order valence-corrected chi connectivity index (χ4v) is 1.54.